The zero-order chi connectivity index (χ0) is 33.4. The fourth-order valence-corrected chi connectivity index (χ4v) is 6.91. The quantitative estimate of drug-likeness (QED) is 0.214. The molecule has 13 heteroatoms. The first-order chi connectivity index (χ1) is 21.8. The zero-order valence-corrected chi connectivity index (χ0v) is 29.8. The van der Waals surface area contributed by atoms with Gasteiger partial charge in [-0.25, -0.2) is 4.98 Å². The molecule has 0 saturated carbocycles. The number of aromatic nitrogens is 1. The van der Waals surface area contributed by atoms with Crippen molar-refractivity contribution in [2.75, 3.05) is 26.2 Å². The molecule has 1 aromatic carbocycles. The van der Waals surface area contributed by atoms with E-state index in [1.54, 1.807) is 11.3 Å². The lowest BCUT2D eigenvalue weighted by Gasteiger charge is -2.35. The summed E-state index contributed by atoms with van der Waals surface area (Å²) in [6.45, 7) is 11.7. The van der Waals surface area contributed by atoms with E-state index in [4.69, 9.17) is 0 Å². The van der Waals surface area contributed by atoms with Crippen molar-refractivity contribution in [3.63, 3.8) is 0 Å². The lowest BCUT2D eigenvalue weighted by molar-refractivity contribution is -0.144. The van der Waals surface area contributed by atoms with Gasteiger partial charge in [0.2, 0.25) is 23.6 Å². The number of β-amino-alcohol motifs (C(OH)–C–C–N with tert-alkyl or cyclic N) is 1. The van der Waals surface area contributed by atoms with E-state index < -0.39 is 23.6 Å². The molecular formula is C34H51ClN6O5S. The Kier molecular flexibility index (Phi) is 14.2. The van der Waals surface area contributed by atoms with E-state index >= 15 is 0 Å². The molecule has 0 spiro atoms. The summed E-state index contributed by atoms with van der Waals surface area (Å²) in [6.07, 6.45) is 2.41. The van der Waals surface area contributed by atoms with Gasteiger partial charge < -0.3 is 31.3 Å². The number of carbonyl (C=O) groups is 4. The standard InChI is InChI=1S/C34H50N6O5S.ClH/c1-21(23-9-11-24(12-10-23)29-22(2)37-20-46-29)38-32(44)27-18-26(41)19-40(27)33(45)30(34(3,4)5)39-28(42)8-6-7-15-36-31(43)25-13-16-35-17-14-25;/h9-12,20-21,25-27,30,35,41H,6-8,13-19H2,1-5H3,(H,36,43)(H,38,44)(H,39,42);1H/t21-,26+,27-,30+;/m0./s1. The maximum absolute atomic E-state index is 13.9. The van der Waals surface area contributed by atoms with Gasteiger partial charge in [0.05, 0.1) is 28.2 Å². The number of hydrogen-bond donors (Lipinski definition) is 5. The highest BCUT2D eigenvalue weighted by molar-refractivity contribution is 7.13. The van der Waals surface area contributed by atoms with Crippen molar-refractivity contribution in [2.45, 2.75) is 97.4 Å². The van der Waals surface area contributed by atoms with Crippen LogP contribution in [0.15, 0.2) is 29.8 Å². The van der Waals surface area contributed by atoms with E-state index in [0.717, 1.165) is 47.6 Å². The number of halogens is 1. The maximum atomic E-state index is 13.9. The monoisotopic (exact) mass is 690 g/mol. The van der Waals surface area contributed by atoms with Gasteiger partial charge >= 0.3 is 0 Å². The molecule has 1 aromatic heterocycles. The van der Waals surface area contributed by atoms with Crippen LogP contribution < -0.4 is 21.3 Å². The number of aliphatic hydroxyl groups is 1. The molecule has 2 saturated heterocycles. The van der Waals surface area contributed by atoms with Crippen LogP contribution in [-0.4, -0.2) is 83.0 Å². The number of thiazole rings is 1. The van der Waals surface area contributed by atoms with Crippen LogP contribution in [0.4, 0.5) is 0 Å². The summed E-state index contributed by atoms with van der Waals surface area (Å²) in [5.41, 5.74) is 4.14. The molecular weight excluding hydrogens is 640 g/mol. The van der Waals surface area contributed by atoms with Gasteiger partial charge in [-0.1, -0.05) is 45.0 Å². The first-order valence-electron chi connectivity index (χ1n) is 16.4. The molecule has 4 atom stereocenters. The number of rotatable bonds is 12. The third-order valence-corrected chi connectivity index (χ3v) is 9.88. The number of amides is 4. The predicted octanol–water partition coefficient (Wildman–Crippen LogP) is 3.50. The number of nitrogens with zero attached hydrogens (tertiary/aromatic N) is 2. The van der Waals surface area contributed by atoms with E-state index in [0.29, 0.717) is 19.4 Å². The number of aryl methyl sites for hydroxylation is 1. The fraction of sp³-hybridized carbons (Fsp3) is 0.618. The average molecular weight is 691 g/mol. The van der Waals surface area contributed by atoms with E-state index in [1.807, 2.05) is 64.4 Å². The number of likely N-dealkylation sites (tertiary alicyclic amines) is 1. The largest absolute Gasteiger partial charge is 0.391 e. The van der Waals surface area contributed by atoms with E-state index in [-0.39, 0.29) is 67.4 Å². The molecule has 4 amide bonds. The second-order valence-corrected chi connectivity index (χ2v) is 14.5. The number of nitrogens with one attached hydrogen (secondary N) is 4. The number of aliphatic hydroxyl groups excluding tert-OH is 1. The highest BCUT2D eigenvalue weighted by Gasteiger charge is 2.44. The van der Waals surface area contributed by atoms with Gasteiger partial charge in [0.25, 0.3) is 0 Å². The number of hydrogen-bond acceptors (Lipinski definition) is 8. The van der Waals surface area contributed by atoms with Gasteiger partial charge in [0.1, 0.15) is 12.1 Å². The Bertz CT molecular complexity index is 1360. The molecule has 2 fully saturated rings. The minimum absolute atomic E-state index is 0. The third kappa shape index (κ3) is 10.5. The van der Waals surface area contributed by atoms with Crippen LogP contribution in [0.25, 0.3) is 10.4 Å². The Hall–Kier alpha value is -3.06. The summed E-state index contributed by atoms with van der Waals surface area (Å²) < 4.78 is 0. The molecule has 2 aliphatic rings. The summed E-state index contributed by atoms with van der Waals surface area (Å²) in [5, 5.41) is 22.7. The molecule has 11 nitrogen and oxygen atoms in total. The van der Waals surface area contributed by atoms with Crippen LogP contribution in [0, 0.1) is 18.3 Å². The van der Waals surface area contributed by atoms with Crippen molar-refractivity contribution in [3.8, 4) is 10.4 Å². The number of benzene rings is 1. The molecule has 0 bridgehead atoms. The second kappa shape index (κ2) is 17.4. The van der Waals surface area contributed by atoms with Gasteiger partial charge in [-0.15, -0.1) is 23.7 Å². The van der Waals surface area contributed by atoms with Crippen LogP contribution in [0.5, 0.6) is 0 Å². The van der Waals surface area contributed by atoms with Crippen LogP contribution >= 0.6 is 23.7 Å². The first-order valence-corrected chi connectivity index (χ1v) is 17.3. The fourth-order valence-electron chi connectivity index (χ4n) is 6.10. The van der Waals surface area contributed by atoms with Crippen LogP contribution in [-0.2, 0) is 19.2 Å². The minimum atomic E-state index is -0.875. The number of carbonyl (C=O) groups excluding carboxylic acids is 4. The topological polar surface area (TPSA) is 153 Å². The van der Waals surface area contributed by atoms with Crippen molar-refractivity contribution >= 4 is 47.4 Å². The van der Waals surface area contributed by atoms with Crippen molar-refractivity contribution in [2.24, 2.45) is 11.3 Å². The molecule has 3 heterocycles. The normalized spacial score (nSPS) is 19.7. The summed E-state index contributed by atoms with van der Waals surface area (Å²) in [5.74, 6) is -0.866. The summed E-state index contributed by atoms with van der Waals surface area (Å²) in [7, 11) is 0. The molecule has 4 rings (SSSR count). The van der Waals surface area contributed by atoms with Crippen molar-refractivity contribution in [1.29, 1.82) is 0 Å². The molecule has 5 N–H and O–H groups in total. The van der Waals surface area contributed by atoms with E-state index in [2.05, 4.69) is 26.3 Å². The first kappa shape index (κ1) is 38.4. The van der Waals surface area contributed by atoms with Crippen molar-refractivity contribution in [1.82, 2.24) is 31.2 Å². The summed E-state index contributed by atoms with van der Waals surface area (Å²) in [6, 6.07) is 5.92. The lowest BCUT2D eigenvalue weighted by atomic mass is 9.85. The Morgan fingerprint density at radius 1 is 1.06 bits per heavy atom. The lowest BCUT2D eigenvalue weighted by Crippen LogP contribution is -2.57. The molecule has 0 aliphatic carbocycles. The Labute approximate surface area is 288 Å². The molecule has 0 unspecified atom stereocenters. The third-order valence-electron chi connectivity index (χ3n) is 8.90. The van der Waals surface area contributed by atoms with Gasteiger partial charge in [0.15, 0.2) is 0 Å². The van der Waals surface area contributed by atoms with Gasteiger partial charge in [-0.3, -0.25) is 19.2 Å². The van der Waals surface area contributed by atoms with Gasteiger partial charge in [-0.2, -0.15) is 0 Å². The number of unbranched alkanes of at least 4 members (excludes halogenated alkanes) is 1. The Morgan fingerprint density at radius 3 is 2.36 bits per heavy atom. The van der Waals surface area contributed by atoms with E-state index in [1.165, 1.54) is 4.90 Å². The highest BCUT2D eigenvalue weighted by Crippen LogP contribution is 2.29. The minimum Gasteiger partial charge on any atom is -0.391 e. The molecule has 47 heavy (non-hydrogen) atoms. The summed E-state index contributed by atoms with van der Waals surface area (Å²) in [4.78, 5) is 59.5. The second-order valence-electron chi connectivity index (χ2n) is 13.7. The highest BCUT2D eigenvalue weighted by atomic mass is 35.5. The predicted molar refractivity (Wildman–Crippen MR) is 186 cm³/mol. The zero-order valence-electron chi connectivity index (χ0n) is 28.1. The van der Waals surface area contributed by atoms with Crippen LogP contribution in [0.3, 0.4) is 0 Å². The Balaban J connectivity index is 0.00000600. The summed E-state index contributed by atoms with van der Waals surface area (Å²) >= 11 is 1.58. The van der Waals surface area contributed by atoms with E-state index in [9.17, 15) is 24.3 Å². The van der Waals surface area contributed by atoms with Crippen LogP contribution in [0.1, 0.15) is 83.5 Å². The molecule has 0 radical (unpaired) electrons. The molecule has 2 aromatic rings. The SMILES string of the molecule is Cc1ncsc1-c1ccc([C@H](C)NC(=O)[C@@H]2C[C@@H](O)CN2C(=O)[C@@H](NC(=O)CCCCNC(=O)C2CCNCC2)C(C)(C)C)cc1.Cl. The maximum Gasteiger partial charge on any atom is 0.246 e. The molecule has 260 valence electrons. The van der Waals surface area contributed by atoms with Crippen molar-refractivity contribution in [3.05, 3.63) is 41.0 Å². The van der Waals surface area contributed by atoms with Crippen LogP contribution in [0.2, 0.25) is 0 Å². The number of piperidine rings is 1. The average Bonchev–Trinajstić information content (AvgIpc) is 3.64. The van der Waals surface area contributed by atoms with Crippen molar-refractivity contribution < 1.29 is 24.3 Å². The van der Waals surface area contributed by atoms with Gasteiger partial charge in [-0.05, 0) is 69.2 Å². The Morgan fingerprint density at radius 2 is 1.74 bits per heavy atom. The molecule has 2 aliphatic heterocycles. The smallest absolute Gasteiger partial charge is 0.246 e. The van der Waals surface area contributed by atoms with Gasteiger partial charge in [0, 0.05) is 31.8 Å².